The van der Waals surface area contributed by atoms with Gasteiger partial charge in [-0.1, -0.05) is 74.5 Å². The van der Waals surface area contributed by atoms with Gasteiger partial charge in [0.2, 0.25) is 0 Å². The zero-order valence-electron chi connectivity index (χ0n) is 20.5. The summed E-state index contributed by atoms with van der Waals surface area (Å²) in [6.07, 6.45) is 9.33. The summed E-state index contributed by atoms with van der Waals surface area (Å²) in [6, 6.07) is 4.52. The molecule has 2 aromatic heterocycles. The highest BCUT2D eigenvalue weighted by Crippen LogP contribution is 2.21. The number of aromatic amines is 1. The maximum absolute atomic E-state index is 13.1. The molecule has 0 saturated carbocycles. The average Bonchev–Trinajstić information content (AvgIpc) is 3.24. The monoisotopic (exact) mass is 498 g/mol. The van der Waals surface area contributed by atoms with Crippen LogP contribution in [-0.4, -0.2) is 25.9 Å². The van der Waals surface area contributed by atoms with E-state index in [1.807, 2.05) is 39.0 Å². The van der Waals surface area contributed by atoms with E-state index in [4.69, 9.17) is 17.3 Å². The minimum Gasteiger partial charge on any atom is -0.380 e. The number of allylic oxidation sites excluding steroid dienone is 5. The molecule has 3 aromatic rings. The van der Waals surface area contributed by atoms with E-state index in [9.17, 15) is 9.18 Å². The number of halogens is 2. The third kappa shape index (κ3) is 9.54. The van der Waals surface area contributed by atoms with Gasteiger partial charge in [0.05, 0.1) is 10.7 Å². The summed E-state index contributed by atoms with van der Waals surface area (Å²) >= 11 is 5.75. The molecule has 0 amide bonds. The van der Waals surface area contributed by atoms with E-state index in [-0.39, 0.29) is 10.8 Å². The van der Waals surface area contributed by atoms with Crippen molar-refractivity contribution in [1.82, 2.24) is 25.5 Å². The minimum atomic E-state index is -0.449. The summed E-state index contributed by atoms with van der Waals surface area (Å²) in [5, 5.41) is 9.87. The number of hydrogen-bond acceptors (Lipinski definition) is 6. The number of hydrogen-bond donors (Lipinski definition) is 3. The zero-order chi connectivity index (χ0) is 26.4. The highest BCUT2D eigenvalue weighted by atomic mass is 35.5. The van der Waals surface area contributed by atoms with Crippen LogP contribution in [0.15, 0.2) is 67.6 Å². The number of H-pyrrole nitrogens is 1. The Bertz CT molecular complexity index is 1220. The normalized spacial score (nSPS) is 10.7. The highest BCUT2D eigenvalue weighted by Gasteiger charge is 2.12. The van der Waals surface area contributed by atoms with Crippen LogP contribution >= 0.6 is 11.6 Å². The Kier molecular flexibility index (Phi) is 12.7. The van der Waals surface area contributed by atoms with Crippen molar-refractivity contribution in [2.45, 2.75) is 40.7 Å². The van der Waals surface area contributed by atoms with Gasteiger partial charge in [-0.2, -0.15) is 5.10 Å². The van der Waals surface area contributed by atoms with E-state index in [2.05, 4.69) is 38.6 Å². The molecule has 0 atom stereocenters. The summed E-state index contributed by atoms with van der Waals surface area (Å²) in [4.78, 5) is 18.7. The Morgan fingerprint density at radius 1 is 1.29 bits per heavy atom. The van der Waals surface area contributed by atoms with E-state index in [1.54, 1.807) is 25.1 Å². The Morgan fingerprint density at radius 3 is 2.63 bits per heavy atom. The number of fused-ring (bicyclic) bond motifs is 1. The van der Waals surface area contributed by atoms with Crippen molar-refractivity contribution >= 4 is 39.9 Å². The SMILES string of the molecule is C=C(NCc1ccc(F)c(Cl)c1)c1ncnc2c(N)n[nH]c12.C=C/C(C)=C\C=C\CC(C)=O.CC. The van der Waals surface area contributed by atoms with Crippen molar-refractivity contribution < 1.29 is 9.18 Å². The predicted molar refractivity (Wildman–Crippen MR) is 143 cm³/mol. The maximum atomic E-state index is 13.1. The van der Waals surface area contributed by atoms with Crippen LogP contribution in [0, 0.1) is 5.82 Å². The molecular formula is C26H32ClFN6O. The van der Waals surface area contributed by atoms with Gasteiger partial charge >= 0.3 is 0 Å². The van der Waals surface area contributed by atoms with Crippen molar-refractivity contribution in [2.75, 3.05) is 5.73 Å². The molecule has 0 spiro atoms. The largest absolute Gasteiger partial charge is 0.380 e. The molecule has 3 rings (SSSR count). The van der Waals surface area contributed by atoms with Gasteiger partial charge in [-0.3, -0.25) is 9.89 Å². The lowest BCUT2D eigenvalue weighted by Gasteiger charge is -2.10. The van der Waals surface area contributed by atoms with Crippen LogP contribution in [0.3, 0.4) is 0 Å². The van der Waals surface area contributed by atoms with Gasteiger partial charge < -0.3 is 11.1 Å². The first-order valence-corrected chi connectivity index (χ1v) is 11.4. The number of rotatable bonds is 8. The summed E-state index contributed by atoms with van der Waals surface area (Å²) in [5.74, 6) is 0.0392. The molecule has 0 unspecified atom stereocenters. The molecular weight excluding hydrogens is 467 g/mol. The molecule has 1 aromatic carbocycles. The molecule has 0 aliphatic carbocycles. The van der Waals surface area contributed by atoms with Gasteiger partial charge in [-0.15, -0.1) is 0 Å². The number of aromatic nitrogens is 4. The molecule has 186 valence electrons. The number of nitrogens with one attached hydrogen (secondary N) is 2. The number of carbonyl (C=O) groups excluding carboxylic acids is 1. The Morgan fingerprint density at radius 2 is 2.00 bits per heavy atom. The first-order valence-electron chi connectivity index (χ1n) is 11.0. The van der Waals surface area contributed by atoms with Crippen LogP contribution in [0.4, 0.5) is 10.2 Å². The van der Waals surface area contributed by atoms with Gasteiger partial charge in [-0.05, 0) is 31.5 Å². The molecule has 9 heteroatoms. The third-order valence-electron chi connectivity index (χ3n) is 4.38. The fraction of sp³-hybridized carbons (Fsp3) is 0.231. The van der Waals surface area contributed by atoms with E-state index in [1.165, 1.54) is 12.4 Å². The fourth-order valence-corrected chi connectivity index (χ4v) is 2.75. The highest BCUT2D eigenvalue weighted by molar-refractivity contribution is 6.30. The van der Waals surface area contributed by atoms with E-state index in [0.717, 1.165) is 11.1 Å². The zero-order valence-corrected chi connectivity index (χ0v) is 21.3. The molecule has 4 N–H and O–H groups in total. The van der Waals surface area contributed by atoms with Gasteiger partial charge in [-0.25, -0.2) is 14.4 Å². The quantitative estimate of drug-likeness (QED) is 0.320. The predicted octanol–water partition coefficient (Wildman–Crippen LogP) is 6.17. The number of anilines is 1. The Hall–Kier alpha value is -3.78. The molecule has 2 heterocycles. The van der Waals surface area contributed by atoms with Crippen molar-refractivity contribution in [2.24, 2.45) is 0 Å². The second kappa shape index (κ2) is 15.2. The standard InChI is InChI=1S/C14H12ClFN6.C10H14O.C2H6/c1-7(18-5-8-2-3-10(16)9(15)4-8)11-12-13(20-6-19-11)14(17)22-21-12;1-4-9(2)7-5-6-8-10(3)11;1-2/h2-4,6,18H,1,5H2,(H3,17,21,22);4-7H,1,8H2,2-3H3;1-2H3/b;6-5+,9-7-;. The van der Waals surface area contributed by atoms with E-state index >= 15 is 0 Å². The summed E-state index contributed by atoms with van der Waals surface area (Å²) in [5.41, 5.74) is 9.91. The van der Waals surface area contributed by atoms with Crippen molar-refractivity contribution in [3.05, 3.63) is 89.7 Å². The summed E-state index contributed by atoms with van der Waals surface area (Å²) in [7, 11) is 0. The van der Waals surface area contributed by atoms with Gasteiger partial charge in [0.25, 0.3) is 0 Å². The summed E-state index contributed by atoms with van der Waals surface area (Å²) < 4.78 is 13.1. The fourth-order valence-electron chi connectivity index (χ4n) is 2.55. The topological polar surface area (TPSA) is 110 Å². The van der Waals surface area contributed by atoms with Gasteiger partial charge in [0, 0.05) is 13.0 Å². The first kappa shape index (κ1) is 29.3. The van der Waals surface area contributed by atoms with Crippen molar-refractivity contribution in [1.29, 1.82) is 0 Å². The van der Waals surface area contributed by atoms with Gasteiger partial charge in [0.15, 0.2) is 5.82 Å². The maximum Gasteiger partial charge on any atom is 0.172 e. The molecule has 0 aliphatic heterocycles. The minimum absolute atomic E-state index is 0.0793. The molecule has 35 heavy (non-hydrogen) atoms. The molecule has 0 fully saturated rings. The number of nitrogens with two attached hydrogens (primary N) is 1. The van der Waals surface area contributed by atoms with Crippen LogP contribution in [0.5, 0.6) is 0 Å². The number of ketones is 1. The van der Waals surface area contributed by atoms with E-state index in [0.29, 0.717) is 41.2 Å². The number of carbonyl (C=O) groups is 1. The molecule has 0 saturated heterocycles. The summed E-state index contributed by atoms with van der Waals surface area (Å²) in [6.45, 7) is 15.5. The van der Waals surface area contributed by atoms with E-state index < -0.39 is 5.82 Å². The van der Waals surface area contributed by atoms with Crippen LogP contribution < -0.4 is 11.1 Å². The number of nitrogen functional groups attached to an aromatic ring is 1. The number of benzene rings is 1. The number of Topliss-reactive ketones (excluding diaryl/α,β-unsaturated/α-hetero) is 1. The van der Waals surface area contributed by atoms with Crippen LogP contribution in [0.2, 0.25) is 5.02 Å². The first-order chi connectivity index (χ1) is 16.7. The lowest BCUT2D eigenvalue weighted by atomic mass is 10.2. The van der Waals surface area contributed by atoms with Crippen molar-refractivity contribution in [3.8, 4) is 0 Å². The third-order valence-corrected chi connectivity index (χ3v) is 4.67. The second-order valence-electron chi connectivity index (χ2n) is 7.08. The molecule has 0 aliphatic rings. The Balaban J connectivity index is 0.000000401. The van der Waals surface area contributed by atoms with Crippen LogP contribution in [0.25, 0.3) is 16.7 Å². The second-order valence-corrected chi connectivity index (χ2v) is 7.49. The molecule has 7 nitrogen and oxygen atoms in total. The van der Waals surface area contributed by atoms with Crippen LogP contribution in [0.1, 0.15) is 45.4 Å². The lowest BCUT2D eigenvalue weighted by Crippen LogP contribution is -2.12. The van der Waals surface area contributed by atoms with Crippen molar-refractivity contribution in [3.63, 3.8) is 0 Å². The average molecular weight is 499 g/mol. The van der Waals surface area contributed by atoms with Crippen LogP contribution in [-0.2, 0) is 11.3 Å². The smallest absolute Gasteiger partial charge is 0.172 e. The molecule has 0 bridgehead atoms. The van der Waals surface area contributed by atoms with Gasteiger partial charge in [0.1, 0.15) is 34.7 Å². The molecule has 0 radical (unpaired) electrons. The lowest BCUT2D eigenvalue weighted by molar-refractivity contribution is -0.116. The Labute approximate surface area is 210 Å². The number of nitrogens with zero attached hydrogens (tertiary/aromatic N) is 3.